The lowest BCUT2D eigenvalue weighted by atomic mass is 9.95. The Morgan fingerprint density at radius 1 is 1.03 bits per heavy atom. The van der Waals surface area contributed by atoms with Crippen LogP contribution >= 0.6 is 27.3 Å². The van der Waals surface area contributed by atoms with Crippen LogP contribution in [0.3, 0.4) is 0 Å². The highest BCUT2D eigenvalue weighted by Crippen LogP contribution is 2.43. The van der Waals surface area contributed by atoms with Crippen LogP contribution in [0.4, 0.5) is 5.13 Å². The highest BCUT2D eigenvalue weighted by Gasteiger charge is 2.48. The molecule has 186 valence electrons. The molecule has 0 aliphatic carbocycles. The van der Waals surface area contributed by atoms with E-state index in [0.717, 1.165) is 15.6 Å². The Hall–Kier alpha value is -3.82. The number of aromatic nitrogens is 2. The molecule has 1 aliphatic heterocycles. The van der Waals surface area contributed by atoms with Crippen LogP contribution < -0.4 is 9.64 Å². The lowest BCUT2D eigenvalue weighted by Crippen LogP contribution is -2.29. The fourth-order valence-corrected chi connectivity index (χ4v) is 5.19. The molecule has 0 spiro atoms. The number of ketones is 1. The zero-order valence-corrected chi connectivity index (χ0v) is 22.4. The first-order valence-electron chi connectivity index (χ1n) is 11.5. The summed E-state index contributed by atoms with van der Waals surface area (Å²) in [4.78, 5) is 27.7. The van der Waals surface area contributed by atoms with Crippen LogP contribution in [-0.2, 0) is 16.2 Å². The number of aliphatic hydroxyl groups excluding tert-OH is 1. The van der Waals surface area contributed by atoms with E-state index in [-0.39, 0.29) is 11.3 Å². The SMILES string of the molecule is Cc1cccc(COc2ccc(/C(O)=C3\C(=O)C(=O)N(c4nnc(C)s4)C3c3ccc(Br)cc3)cc2)c1. The number of aryl methyl sites for hydroxylation is 2. The van der Waals surface area contributed by atoms with Gasteiger partial charge in [0.2, 0.25) is 5.13 Å². The Balaban J connectivity index is 1.50. The van der Waals surface area contributed by atoms with Crippen molar-refractivity contribution in [2.24, 2.45) is 0 Å². The number of amides is 1. The maximum atomic E-state index is 13.2. The number of hydrogen-bond acceptors (Lipinski definition) is 7. The molecule has 1 aromatic heterocycles. The van der Waals surface area contributed by atoms with Gasteiger partial charge in [-0.3, -0.25) is 14.5 Å². The molecular formula is C28H22BrN3O4S. The number of nitrogens with zero attached hydrogens (tertiary/aromatic N) is 3. The van der Waals surface area contributed by atoms with Crippen molar-refractivity contribution >= 4 is 49.8 Å². The van der Waals surface area contributed by atoms with E-state index in [1.165, 1.54) is 16.2 Å². The number of aliphatic hydroxyl groups is 1. The summed E-state index contributed by atoms with van der Waals surface area (Å²) in [5.41, 5.74) is 3.26. The standard InChI is InChI=1S/C28H22BrN3O4S/c1-16-4-3-5-18(14-16)15-36-22-12-8-20(9-13-22)25(33)23-24(19-6-10-21(29)11-7-19)32(27(35)26(23)34)28-31-30-17(2)37-28/h3-14,24,33H,15H2,1-2H3/b25-23+. The first-order valence-corrected chi connectivity index (χ1v) is 13.1. The quantitative estimate of drug-likeness (QED) is 0.169. The molecule has 9 heteroatoms. The maximum Gasteiger partial charge on any atom is 0.301 e. The van der Waals surface area contributed by atoms with Crippen molar-refractivity contribution < 1.29 is 19.4 Å². The predicted molar refractivity (Wildman–Crippen MR) is 146 cm³/mol. The van der Waals surface area contributed by atoms with E-state index in [4.69, 9.17) is 4.74 Å². The summed E-state index contributed by atoms with van der Waals surface area (Å²) in [5.74, 6) is -1.19. The van der Waals surface area contributed by atoms with Gasteiger partial charge in [0.05, 0.1) is 11.6 Å². The third-order valence-corrected chi connectivity index (χ3v) is 7.33. The summed E-state index contributed by atoms with van der Waals surface area (Å²) in [6, 6.07) is 21.2. The molecule has 3 aromatic carbocycles. The molecule has 0 saturated carbocycles. The van der Waals surface area contributed by atoms with Gasteiger partial charge in [-0.1, -0.05) is 69.2 Å². The van der Waals surface area contributed by atoms with Gasteiger partial charge in [0.1, 0.15) is 23.1 Å². The zero-order valence-electron chi connectivity index (χ0n) is 20.0. The zero-order chi connectivity index (χ0) is 26.1. The maximum absolute atomic E-state index is 13.2. The first kappa shape index (κ1) is 24.9. The van der Waals surface area contributed by atoms with Gasteiger partial charge in [0.25, 0.3) is 5.78 Å². The molecule has 2 heterocycles. The first-order chi connectivity index (χ1) is 17.8. The van der Waals surface area contributed by atoms with Crippen molar-refractivity contribution in [3.63, 3.8) is 0 Å². The minimum atomic E-state index is -0.849. The molecule has 1 atom stereocenters. The van der Waals surface area contributed by atoms with E-state index in [2.05, 4.69) is 32.2 Å². The van der Waals surface area contributed by atoms with Crippen molar-refractivity contribution in [3.8, 4) is 5.75 Å². The third-order valence-electron chi connectivity index (χ3n) is 5.97. The molecule has 0 radical (unpaired) electrons. The van der Waals surface area contributed by atoms with E-state index in [0.29, 0.717) is 33.6 Å². The molecule has 1 amide bonds. The van der Waals surface area contributed by atoms with Crippen LogP contribution in [0.25, 0.3) is 5.76 Å². The van der Waals surface area contributed by atoms with Crippen LogP contribution in [0.2, 0.25) is 0 Å². The fourth-order valence-electron chi connectivity index (χ4n) is 4.21. The highest BCUT2D eigenvalue weighted by molar-refractivity contribution is 9.10. The van der Waals surface area contributed by atoms with Gasteiger partial charge >= 0.3 is 5.91 Å². The fraction of sp³-hybridized carbons (Fsp3) is 0.143. The summed E-state index contributed by atoms with van der Waals surface area (Å²) < 4.78 is 6.73. The highest BCUT2D eigenvalue weighted by atomic mass is 79.9. The van der Waals surface area contributed by atoms with Gasteiger partial charge < -0.3 is 9.84 Å². The van der Waals surface area contributed by atoms with Gasteiger partial charge in [-0.15, -0.1) is 10.2 Å². The number of halogens is 1. The minimum absolute atomic E-state index is 0.00592. The number of ether oxygens (including phenoxy) is 1. The van der Waals surface area contributed by atoms with Crippen LogP contribution in [0.15, 0.2) is 82.8 Å². The van der Waals surface area contributed by atoms with Gasteiger partial charge in [-0.2, -0.15) is 0 Å². The van der Waals surface area contributed by atoms with Crippen molar-refractivity contribution in [3.05, 3.63) is 110 Å². The topological polar surface area (TPSA) is 92.6 Å². The molecule has 1 aliphatic rings. The molecule has 1 fully saturated rings. The average molecular weight is 576 g/mol. The van der Waals surface area contributed by atoms with Gasteiger partial charge in [0, 0.05) is 10.0 Å². The van der Waals surface area contributed by atoms with Gasteiger partial charge in [-0.05, 0) is 61.4 Å². The Morgan fingerprint density at radius 3 is 2.41 bits per heavy atom. The lowest BCUT2D eigenvalue weighted by molar-refractivity contribution is -0.132. The molecular weight excluding hydrogens is 554 g/mol. The summed E-state index contributed by atoms with van der Waals surface area (Å²) in [6.07, 6.45) is 0. The van der Waals surface area contributed by atoms with Crippen molar-refractivity contribution in [1.82, 2.24) is 10.2 Å². The summed E-state index contributed by atoms with van der Waals surface area (Å²) in [5, 5.41) is 20.4. The van der Waals surface area contributed by atoms with Gasteiger partial charge in [0.15, 0.2) is 0 Å². The number of anilines is 1. The number of hydrogen-bond donors (Lipinski definition) is 1. The van der Waals surface area contributed by atoms with E-state index >= 15 is 0 Å². The largest absolute Gasteiger partial charge is 0.507 e. The van der Waals surface area contributed by atoms with E-state index in [9.17, 15) is 14.7 Å². The normalized spacial score (nSPS) is 16.8. The van der Waals surface area contributed by atoms with Crippen LogP contribution in [0.1, 0.15) is 33.3 Å². The summed E-state index contributed by atoms with van der Waals surface area (Å²) >= 11 is 4.63. The smallest absolute Gasteiger partial charge is 0.301 e. The van der Waals surface area contributed by atoms with Crippen LogP contribution in [0, 0.1) is 13.8 Å². The molecule has 1 N–H and O–H groups in total. The average Bonchev–Trinajstić information content (AvgIpc) is 3.43. The molecule has 5 rings (SSSR count). The molecule has 1 unspecified atom stereocenters. The number of carbonyl (C=O) groups is 2. The van der Waals surface area contributed by atoms with Gasteiger partial charge in [-0.25, -0.2) is 0 Å². The Labute approximate surface area is 226 Å². The van der Waals surface area contributed by atoms with Crippen molar-refractivity contribution in [2.75, 3.05) is 4.90 Å². The summed E-state index contributed by atoms with van der Waals surface area (Å²) in [7, 11) is 0. The van der Waals surface area contributed by atoms with E-state index in [1.807, 2.05) is 37.3 Å². The number of benzene rings is 3. The second-order valence-corrected chi connectivity index (χ2v) is 10.7. The lowest BCUT2D eigenvalue weighted by Gasteiger charge is -2.22. The second kappa shape index (κ2) is 10.3. The number of rotatable bonds is 6. The summed E-state index contributed by atoms with van der Waals surface area (Å²) in [6.45, 7) is 4.20. The number of Topliss-reactive ketones (excluding diaryl/α,β-unsaturated/α-hetero) is 1. The van der Waals surface area contributed by atoms with E-state index < -0.39 is 17.7 Å². The second-order valence-electron chi connectivity index (χ2n) is 8.63. The van der Waals surface area contributed by atoms with Crippen LogP contribution in [-0.4, -0.2) is 27.0 Å². The monoisotopic (exact) mass is 575 g/mol. The Morgan fingerprint density at radius 2 is 1.76 bits per heavy atom. The Kier molecular flexibility index (Phi) is 6.90. The van der Waals surface area contributed by atoms with Crippen LogP contribution in [0.5, 0.6) is 5.75 Å². The molecule has 7 nitrogen and oxygen atoms in total. The molecule has 37 heavy (non-hydrogen) atoms. The van der Waals surface area contributed by atoms with Crippen molar-refractivity contribution in [1.29, 1.82) is 0 Å². The number of carbonyl (C=O) groups excluding carboxylic acids is 2. The third kappa shape index (κ3) is 5.05. The predicted octanol–water partition coefficient (Wildman–Crippen LogP) is 6.12. The Bertz CT molecular complexity index is 1510. The minimum Gasteiger partial charge on any atom is -0.507 e. The molecule has 4 aromatic rings. The van der Waals surface area contributed by atoms with E-state index in [1.54, 1.807) is 43.3 Å². The molecule has 0 bridgehead atoms. The van der Waals surface area contributed by atoms with Crippen molar-refractivity contribution in [2.45, 2.75) is 26.5 Å². The molecule has 1 saturated heterocycles.